The van der Waals surface area contributed by atoms with E-state index in [0.717, 1.165) is 12.1 Å². The normalized spacial score (nSPS) is 20.0. The highest BCUT2D eigenvalue weighted by molar-refractivity contribution is 6.07. The maximum absolute atomic E-state index is 13.0. The fourth-order valence-corrected chi connectivity index (χ4v) is 4.31. The quantitative estimate of drug-likeness (QED) is 0.495. The highest BCUT2D eigenvalue weighted by Gasteiger charge is 2.42. The maximum atomic E-state index is 13.0. The number of fused-ring (bicyclic) bond motifs is 1. The van der Waals surface area contributed by atoms with Crippen LogP contribution in [0.25, 0.3) is 0 Å². The van der Waals surface area contributed by atoms with E-state index in [9.17, 15) is 14.4 Å². The summed E-state index contributed by atoms with van der Waals surface area (Å²) in [5.41, 5.74) is 5.58. The molecule has 1 saturated heterocycles. The van der Waals surface area contributed by atoms with Crippen molar-refractivity contribution in [2.75, 3.05) is 10.3 Å². The summed E-state index contributed by atoms with van der Waals surface area (Å²) in [6.07, 6.45) is 9.65. The van der Waals surface area contributed by atoms with E-state index >= 15 is 0 Å². The molecule has 1 aliphatic heterocycles. The lowest BCUT2D eigenvalue weighted by Crippen LogP contribution is -2.59. The average molecular weight is 432 g/mol. The molecular formula is C26H29N3O3. The summed E-state index contributed by atoms with van der Waals surface area (Å²) >= 11 is 0. The van der Waals surface area contributed by atoms with E-state index in [1.54, 1.807) is 24.3 Å². The van der Waals surface area contributed by atoms with Crippen molar-refractivity contribution in [3.05, 3.63) is 71.8 Å². The number of rotatable bonds is 7. The third-order valence-electron chi connectivity index (χ3n) is 6.18. The molecule has 0 saturated carbocycles. The number of amides is 3. The second-order valence-electron chi connectivity index (χ2n) is 8.46. The number of aryl methyl sites for hydroxylation is 1. The summed E-state index contributed by atoms with van der Waals surface area (Å²) in [6.45, 7) is 2.19. The first kappa shape index (κ1) is 21.8. The molecule has 166 valence electrons. The lowest BCUT2D eigenvalue weighted by molar-refractivity contribution is -0.139. The number of nitrogens with zero attached hydrogens (tertiary/aromatic N) is 1. The molecule has 0 radical (unpaired) electrons. The van der Waals surface area contributed by atoms with Crippen LogP contribution in [0, 0.1) is 11.8 Å². The summed E-state index contributed by atoms with van der Waals surface area (Å²) in [5, 5.41) is 4.19. The number of allylic oxidation sites excluding steroid dienone is 2. The second-order valence-corrected chi connectivity index (χ2v) is 8.46. The first-order valence-electron chi connectivity index (χ1n) is 11.4. The fraction of sp³-hybridized carbons (Fsp3) is 0.346. The van der Waals surface area contributed by atoms with E-state index in [0.29, 0.717) is 24.1 Å². The van der Waals surface area contributed by atoms with Crippen LogP contribution < -0.4 is 15.8 Å². The minimum absolute atomic E-state index is 0.143. The average Bonchev–Trinajstić information content (AvgIpc) is 2.83. The lowest BCUT2D eigenvalue weighted by atomic mass is 9.80. The molecule has 2 unspecified atom stereocenters. The van der Waals surface area contributed by atoms with Crippen LogP contribution in [-0.4, -0.2) is 17.7 Å². The molecule has 0 spiro atoms. The van der Waals surface area contributed by atoms with E-state index in [1.165, 1.54) is 29.8 Å². The first-order valence-corrected chi connectivity index (χ1v) is 11.4. The Balaban J connectivity index is 1.44. The number of anilines is 2. The van der Waals surface area contributed by atoms with Crippen molar-refractivity contribution in [1.29, 1.82) is 0 Å². The Bertz CT molecular complexity index is 1030. The van der Waals surface area contributed by atoms with Gasteiger partial charge in [-0.1, -0.05) is 50.1 Å². The number of nitrogens with one attached hydrogen (secondary N) is 2. The van der Waals surface area contributed by atoms with Gasteiger partial charge in [0.1, 0.15) is 0 Å². The molecule has 2 aromatic rings. The summed E-state index contributed by atoms with van der Waals surface area (Å²) in [7, 11) is 0. The third-order valence-corrected chi connectivity index (χ3v) is 6.18. The van der Waals surface area contributed by atoms with Gasteiger partial charge >= 0.3 is 0 Å². The van der Waals surface area contributed by atoms with Gasteiger partial charge in [0, 0.05) is 11.3 Å². The smallest absolute Gasteiger partial charge is 0.255 e. The van der Waals surface area contributed by atoms with Gasteiger partial charge in [-0.2, -0.15) is 0 Å². The van der Waals surface area contributed by atoms with Crippen molar-refractivity contribution >= 4 is 29.1 Å². The number of carbonyl (C=O) groups is 3. The molecule has 32 heavy (non-hydrogen) atoms. The van der Waals surface area contributed by atoms with Crippen LogP contribution in [0.3, 0.4) is 0 Å². The molecular weight excluding hydrogens is 402 g/mol. The highest BCUT2D eigenvalue weighted by atomic mass is 16.2. The van der Waals surface area contributed by atoms with Crippen LogP contribution in [-0.2, 0) is 16.0 Å². The Hall–Kier alpha value is -3.41. The topological polar surface area (TPSA) is 78.5 Å². The van der Waals surface area contributed by atoms with Crippen molar-refractivity contribution < 1.29 is 14.4 Å². The minimum atomic E-state index is -0.359. The van der Waals surface area contributed by atoms with Gasteiger partial charge in [-0.15, -0.1) is 0 Å². The molecule has 1 heterocycles. The van der Waals surface area contributed by atoms with Crippen LogP contribution in [0.5, 0.6) is 0 Å². The predicted octanol–water partition coefficient (Wildman–Crippen LogP) is 4.63. The molecule has 2 aromatic carbocycles. The molecule has 0 aromatic heterocycles. The van der Waals surface area contributed by atoms with E-state index in [4.69, 9.17) is 0 Å². The van der Waals surface area contributed by atoms with E-state index in [1.807, 2.05) is 36.4 Å². The molecule has 1 aliphatic carbocycles. The summed E-state index contributed by atoms with van der Waals surface area (Å²) in [4.78, 5) is 38.3. The zero-order valence-electron chi connectivity index (χ0n) is 18.3. The van der Waals surface area contributed by atoms with Crippen molar-refractivity contribution in [2.45, 2.75) is 45.4 Å². The van der Waals surface area contributed by atoms with Crippen molar-refractivity contribution in [3.8, 4) is 0 Å². The van der Waals surface area contributed by atoms with Crippen LogP contribution in [0.2, 0.25) is 0 Å². The Kier molecular flexibility index (Phi) is 6.69. The van der Waals surface area contributed by atoms with Gasteiger partial charge < -0.3 is 5.32 Å². The van der Waals surface area contributed by atoms with Gasteiger partial charge in [-0.3, -0.25) is 19.8 Å². The summed E-state index contributed by atoms with van der Waals surface area (Å²) in [6, 6.07) is 14.7. The van der Waals surface area contributed by atoms with E-state index in [-0.39, 0.29) is 29.6 Å². The molecule has 0 bridgehead atoms. The number of unbranched alkanes of at least 4 members (excludes halogenated alkanes) is 2. The Morgan fingerprint density at radius 3 is 2.53 bits per heavy atom. The molecule has 2 aliphatic rings. The zero-order chi connectivity index (χ0) is 22.5. The van der Waals surface area contributed by atoms with Gasteiger partial charge in [-0.05, 0) is 61.6 Å². The Labute approximate surface area is 188 Å². The van der Waals surface area contributed by atoms with Gasteiger partial charge in [0.15, 0.2) is 0 Å². The number of benzene rings is 2. The molecule has 2 atom stereocenters. The van der Waals surface area contributed by atoms with E-state index in [2.05, 4.69) is 17.7 Å². The largest absolute Gasteiger partial charge is 0.322 e. The van der Waals surface area contributed by atoms with Crippen molar-refractivity contribution in [3.63, 3.8) is 0 Å². The van der Waals surface area contributed by atoms with Gasteiger partial charge in [0.05, 0.1) is 17.5 Å². The molecule has 2 N–H and O–H groups in total. The Morgan fingerprint density at radius 2 is 1.78 bits per heavy atom. The number of hydrazine groups is 1. The summed E-state index contributed by atoms with van der Waals surface area (Å²) < 4.78 is 0. The van der Waals surface area contributed by atoms with Crippen LogP contribution >= 0.6 is 0 Å². The minimum Gasteiger partial charge on any atom is -0.322 e. The SMILES string of the molecule is CCCCCc1ccc(NC(=O)c2cccc(N3NC(=O)C4CC=CCC4C3=O)c2)cc1. The molecule has 4 rings (SSSR count). The van der Waals surface area contributed by atoms with Crippen LogP contribution in [0.1, 0.15) is 54.9 Å². The Morgan fingerprint density at radius 1 is 1.03 bits per heavy atom. The standard InChI is InChI=1S/C26H29N3O3/c1-2-3-4-8-18-13-15-20(16-14-18)27-24(30)19-9-7-10-21(17-19)29-26(32)23-12-6-5-11-22(23)25(31)28-29/h5-7,9-10,13-17,22-23H,2-4,8,11-12H2,1H3,(H,27,30)(H,28,31). The molecule has 3 amide bonds. The molecule has 1 fully saturated rings. The second kappa shape index (κ2) is 9.81. The van der Waals surface area contributed by atoms with Crippen molar-refractivity contribution in [2.24, 2.45) is 11.8 Å². The van der Waals surface area contributed by atoms with Gasteiger partial charge in [0.2, 0.25) is 11.8 Å². The molecule has 6 heteroatoms. The number of hydrogen-bond acceptors (Lipinski definition) is 3. The number of hydrogen-bond donors (Lipinski definition) is 2. The van der Waals surface area contributed by atoms with Crippen LogP contribution in [0.15, 0.2) is 60.7 Å². The monoisotopic (exact) mass is 431 g/mol. The van der Waals surface area contributed by atoms with E-state index < -0.39 is 0 Å². The summed E-state index contributed by atoms with van der Waals surface area (Å²) in [5.74, 6) is -1.25. The zero-order valence-corrected chi connectivity index (χ0v) is 18.3. The molecule has 6 nitrogen and oxygen atoms in total. The fourth-order valence-electron chi connectivity index (χ4n) is 4.31. The third kappa shape index (κ3) is 4.74. The maximum Gasteiger partial charge on any atom is 0.255 e. The number of carbonyl (C=O) groups excluding carboxylic acids is 3. The van der Waals surface area contributed by atoms with Gasteiger partial charge in [0.25, 0.3) is 5.91 Å². The lowest BCUT2D eigenvalue weighted by Gasteiger charge is -2.38. The van der Waals surface area contributed by atoms with Gasteiger partial charge in [-0.25, -0.2) is 5.01 Å². The first-order chi connectivity index (χ1) is 15.6. The van der Waals surface area contributed by atoms with Crippen LogP contribution in [0.4, 0.5) is 11.4 Å². The predicted molar refractivity (Wildman–Crippen MR) is 125 cm³/mol. The highest BCUT2D eigenvalue weighted by Crippen LogP contribution is 2.32. The van der Waals surface area contributed by atoms with Crippen molar-refractivity contribution in [1.82, 2.24) is 5.43 Å².